The Labute approximate surface area is 126 Å². The van der Waals surface area contributed by atoms with Gasteiger partial charge in [-0.3, -0.25) is 4.98 Å². The highest BCUT2D eigenvalue weighted by Crippen LogP contribution is 2.28. The maximum absolute atomic E-state index is 4.71. The zero-order valence-electron chi connectivity index (χ0n) is 12.7. The Morgan fingerprint density at radius 2 is 1.38 bits per heavy atom. The van der Waals surface area contributed by atoms with Gasteiger partial charge in [-0.05, 0) is 55.2 Å². The summed E-state index contributed by atoms with van der Waals surface area (Å²) in [6.45, 7) is 6.31. The second-order valence-electron chi connectivity index (χ2n) is 5.49. The van der Waals surface area contributed by atoms with Crippen LogP contribution in [0.1, 0.15) is 16.8 Å². The average Bonchev–Trinajstić information content (AvgIpc) is 2.51. The molecule has 21 heavy (non-hydrogen) atoms. The van der Waals surface area contributed by atoms with Crippen LogP contribution in [0.5, 0.6) is 0 Å². The average molecular weight is 273 g/mol. The maximum atomic E-state index is 4.71. The Kier molecular flexibility index (Phi) is 3.57. The van der Waals surface area contributed by atoms with Gasteiger partial charge >= 0.3 is 0 Å². The monoisotopic (exact) mass is 273 g/mol. The SMILES string of the molecule is Cc1ccc(-c2ccc(C)c(C)n2)cc1-c1ccccc1. The van der Waals surface area contributed by atoms with Gasteiger partial charge in [-0.2, -0.15) is 0 Å². The van der Waals surface area contributed by atoms with Crippen molar-refractivity contribution in [2.24, 2.45) is 0 Å². The first-order chi connectivity index (χ1) is 10.1. The van der Waals surface area contributed by atoms with E-state index in [0.717, 1.165) is 11.4 Å². The quantitative estimate of drug-likeness (QED) is 0.614. The number of pyridine rings is 1. The third-order valence-corrected chi connectivity index (χ3v) is 3.97. The molecule has 0 N–H and O–H groups in total. The Hall–Kier alpha value is -2.41. The van der Waals surface area contributed by atoms with Crippen molar-refractivity contribution in [2.45, 2.75) is 20.8 Å². The molecule has 1 aromatic heterocycles. The van der Waals surface area contributed by atoms with Crippen molar-refractivity contribution in [1.29, 1.82) is 0 Å². The van der Waals surface area contributed by atoms with Gasteiger partial charge in [-0.1, -0.05) is 48.5 Å². The van der Waals surface area contributed by atoms with E-state index in [9.17, 15) is 0 Å². The number of aromatic nitrogens is 1. The molecule has 0 aliphatic carbocycles. The summed E-state index contributed by atoms with van der Waals surface area (Å²) in [7, 11) is 0. The van der Waals surface area contributed by atoms with E-state index in [2.05, 4.69) is 75.4 Å². The summed E-state index contributed by atoms with van der Waals surface area (Å²) in [5.74, 6) is 0. The molecule has 0 amide bonds. The molecule has 0 radical (unpaired) electrons. The smallest absolute Gasteiger partial charge is 0.0705 e. The molecular formula is C20H19N. The molecule has 3 rings (SSSR count). The Bertz CT molecular complexity index is 773. The van der Waals surface area contributed by atoms with Crippen LogP contribution in [0.2, 0.25) is 0 Å². The van der Waals surface area contributed by atoms with Crippen molar-refractivity contribution in [2.75, 3.05) is 0 Å². The highest BCUT2D eigenvalue weighted by molar-refractivity contribution is 5.74. The molecule has 0 aliphatic rings. The zero-order chi connectivity index (χ0) is 14.8. The minimum Gasteiger partial charge on any atom is -0.253 e. The molecule has 0 saturated heterocycles. The first-order valence-corrected chi connectivity index (χ1v) is 7.26. The van der Waals surface area contributed by atoms with Crippen LogP contribution in [0.25, 0.3) is 22.4 Å². The van der Waals surface area contributed by atoms with Crippen LogP contribution in [-0.4, -0.2) is 4.98 Å². The summed E-state index contributed by atoms with van der Waals surface area (Å²) >= 11 is 0. The van der Waals surface area contributed by atoms with E-state index in [1.807, 2.05) is 6.07 Å². The summed E-state index contributed by atoms with van der Waals surface area (Å²) < 4.78 is 0. The molecule has 1 heterocycles. The number of aryl methyl sites for hydroxylation is 3. The molecular weight excluding hydrogens is 254 g/mol. The standard InChI is InChI=1S/C20H19N/c1-14-10-12-20(21-16(14)3)18-11-9-15(2)19(13-18)17-7-5-4-6-8-17/h4-13H,1-3H3. The van der Waals surface area contributed by atoms with Crippen LogP contribution in [-0.2, 0) is 0 Å². The number of hydrogen-bond acceptors (Lipinski definition) is 1. The first kappa shape index (κ1) is 13.6. The van der Waals surface area contributed by atoms with Crippen molar-refractivity contribution in [3.63, 3.8) is 0 Å². The Morgan fingerprint density at radius 3 is 2.10 bits per heavy atom. The molecule has 1 heteroatoms. The predicted molar refractivity (Wildman–Crippen MR) is 89.3 cm³/mol. The highest BCUT2D eigenvalue weighted by atomic mass is 14.7. The Balaban J connectivity index is 2.11. The van der Waals surface area contributed by atoms with Gasteiger partial charge in [0.1, 0.15) is 0 Å². The second-order valence-corrected chi connectivity index (χ2v) is 5.49. The zero-order valence-corrected chi connectivity index (χ0v) is 12.7. The molecule has 0 unspecified atom stereocenters. The van der Waals surface area contributed by atoms with Crippen LogP contribution >= 0.6 is 0 Å². The molecule has 3 aromatic rings. The summed E-state index contributed by atoms with van der Waals surface area (Å²) in [6.07, 6.45) is 0. The molecule has 2 aromatic carbocycles. The van der Waals surface area contributed by atoms with Crippen molar-refractivity contribution >= 4 is 0 Å². The molecule has 1 nitrogen and oxygen atoms in total. The minimum atomic E-state index is 1.04. The fraction of sp³-hybridized carbons (Fsp3) is 0.150. The summed E-state index contributed by atoms with van der Waals surface area (Å²) in [4.78, 5) is 4.71. The molecule has 104 valence electrons. The van der Waals surface area contributed by atoms with Crippen LogP contribution in [0, 0.1) is 20.8 Å². The lowest BCUT2D eigenvalue weighted by Gasteiger charge is -2.10. The lowest BCUT2D eigenvalue weighted by molar-refractivity contribution is 1.15. The van der Waals surface area contributed by atoms with E-state index < -0.39 is 0 Å². The van der Waals surface area contributed by atoms with Crippen molar-refractivity contribution in [3.05, 3.63) is 77.5 Å². The van der Waals surface area contributed by atoms with Gasteiger partial charge in [-0.25, -0.2) is 0 Å². The van der Waals surface area contributed by atoms with Crippen LogP contribution in [0.3, 0.4) is 0 Å². The summed E-state index contributed by atoms with van der Waals surface area (Å²) in [5.41, 5.74) is 8.34. The van der Waals surface area contributed by atoms with Crippen molar-refractivity contribution in [3.8, 4) is 22.4 Å². The van der Waals surface area contributed by atoms with Crippen LogP contribution < -0.4 is 0 Å². The fourth-order valence-electron chi connectivity index (χ4n) is 2.50. The van der Waals surface area contributed by atoms with Gasteiger partial charge in [0.25, 0.3) is 0 Å². The third kappa shape index (κ3) is 2.73. The van der Waals surface area contributed by atoms with Gasteiger partial charge in [0.15, 0.2) is 0 Å². The molecule has 0 bridgehead atoms. The maximum Gasteiger partial charge on any atom is 0.0705 e. The van der Waals surface area contributed by atoms with E-state index in [4.69, 9.17) is 4.98 Å². The van der Waals surface area contributed by atoms with Gasteiger partial charge in [-0.15, -0.1) is 0 Å². The highest BCUT2D eigenvalue weighted by Gasteiger charge is 2.06. The molecule has 0 aliphatic heterocycles. The Morgan fingerprint density at radius 1 is 0.667 bits per heavy atom. The van der Waals surface area contributed by atoms with E-state index in [1.54, 1.807) is 0 Å². The van der Waals surface area contributed by atoms with Crippen molar-refractivity contribution in [1.82, 2.24) is 4.98 Å². The van der Waals surface area contributed by atoms with Gasteiger partial charge < -0.3 is 0 Å². The van der Waals surface area contributed by atoms with Gasteiger partial charge in [0.2, 0.25) is 0 Å². The topological polar surface area (TPSA) is 12.9 Å². The van der Waals surface area contributed by atoms with E-state index in [1.165, 1.54) is 27.8 Å². The summed E-state index contributed by atoms with van der Waals surface area (Å²) in [5, 5.41) is 0. The van der Waals surface area contributed by atoms with Crippen LogP contribution in [0.4, 0.5) is 0 Å². The van der Waals surface area contributed by atoms with E-state index in [-0.39, 0.29) is 0 Å². The second kappa shape index (κ2) is 5.53. The lowest BCUT2D eigenvalue weighted by atomic mass is 9.97. The fourth-order valence-corrected chi connectivity index (χ4v) is 2.50. The van der Waals surface area contributed by atoms with E-state index in [0.29, 0.717) is 0 Å². The van der Waals surface area contributed by atoms with Gasteiger partial charge in [0, 0.05) is 11.3 Å². The first-order valence-electron chi connectivity index (χ1n) is 7.26. The number of rotatable bonds is 2. The number of nitrogens with zero attached hydrogens (tertiary/aromatic N) is 1. The normalized spacial score (nSPS) is 10.6. The minimum absolute atomic E-state index is 1.04. The predicted octanol–water partition coefficient (Wildman–Crippen LogP) is 5.34. The largest absolute Gasteiger partial charge is 0.253 e. The van der Waals surface area contributed by atoms with Gasteiger partial charge in [0.05, 0.1) is 5.69 Å². The van der Waals surface area contributed by atoms with E-state index >= 15 is 0 Å². The van der Waals surface area contributed by atoms with Crippen molar-refractivity contribution < 1.29 is 0 Å². The molecule has 0 fully saturated rings. The number of hydrogen-bond donors (Lipinski definition) is 0. The molecule has 0 atom stereocenters. The number of benzene rings is 2. The molecule has 0 saturated carbocycles. The van der Waals surface area contributed by atoms with Crippen LogP contribution in [0.15, 0.2) is 60.7 Å². The summed E-state index contributed by atoms with van der Waals surface area (Å²) in [6, 6.07) is 21.3. The molecule has 0 spiro atoms. The third-order valence-electron chi connectivity index (χ3n) is 3.97. The lowest BCUT2D eigenvalue weighted by Crippen LogP contribution is -1.91.